The van der Waals surface area contributed by atoms with Crippen LogP contribution in [0.2, 0.25) is 0 Å². The van der Waals surface area contributed by atoms with Crippen LogP contribution in [0, 0.1) is 0 Å². The average Bonchev–Trinajstić information content (AvgIpc) is 2.42. The second-order valence-electron chi connectivity index (χ2n) is 4.85. The molecule has 1 heterocycles. The van der Waals surface area contributed by atoms with Crippen molar-refractivity contribution in [2.24, 2.45) is 5.73 Å². The van der Waals surface area contributed by atoms with Crippen molar-refractivity contribution in [3.8, 4) is 0 Å². The highest BCUT2D eigenvalue weighted by atomic mass is 32.1. The van der Waals surface area contributed by atoms with Gasteiger partial charge in [-0.2, -0.15) is 0 Å². The summed E-state index contributed by atoms with van der Waals surface area (Å²) < 4.78 is 0. The summed E-state index contributed by atoms with van der Waals surface area (Å²) in [5.41, 5.74) is 7.22. The lowest BCUT2D eigenvalue weighted by Crippen LogP contribution is -2.34. The lowest BCUT2D eigenvalue weighted by atomic mass is 10.0. The number of nitrogens with zero attached hydrogens (tertiary/aromatic N) is 1. The Morgan fingerprint density at radius 2 is 2.07 bits per heavy atom. The average molecular weight is 210 g/mol. The van der Waals surface area contributed by atoms with Crippen molar-refractivity contribution in [2.75, 3.05) is 0 Å². The third-order valence-corrected chi connectivity index (χ3v) is 3.65. The van der Waals surface area contributed by atoms with Crippen LogP contribution in [0.4, 0.5) is 0 Å². The highest BCUT2D eigenvalue weighted by Crippen LogP contribution is 2.28. The summed E-state index contributed by atoms with van der Waals surface area (Å²) in [6.07, 6.45) is 5.96. The van der Waals surface area contributed by atoms with Gasteiger partial charge in [-0.25, -0.2) is 4.98 Å². The molecule has 0 unspecified atom stereocenters. The summed E-state index contributed by atoms with van der Waals surface area (Å²) in [5, 5.41) is 1.23. The maximum atomic E-state index is 5.99. The summed E-state index contributed by atoms with van der Waals surface area (Å²) in [5.74, 6) is 0. The van der Waals surface area contributed by atoms with E-state index in [0.29, 0.717) is 0 Å². The maximum absolute atomic E-state index is 5.99. The maximum Gasteiger partial charge on any atom is 0.0949 e. The summed E-state index contributed by atoms with van der Waals surface area (Å²) in [4.78, 5) is 6.18. The highest BCUT2D eigenvalue weighted by Gasteiger charge is 2.19. The molecule has 0 saturated carbocycles. The fraction of sp³-hybridized carbons (Fsp3) is 0.727. The monoisotopic (exact) mass is 210 g/mol. The van der Waals surface area contributed by atoms with E-state index in [1.807, 2.05) is 11.3 Å². The van der Waals surface area contributed by atoms with Crippen LogP contribution in [0.1, 0.15) is 42.3 Å². The molecule has 0 radical (unpaired) electrons. The first kappa shape index (κ1) is 10.1. The summed E-state index contributed by atoms with van der Waals surface area (Å²) >= 11 is 1.87. The zero-order chi connectivity index (χ0) is 10.2. The fourth-order valence-electron chi connectivity index (χ4n) is 1.87. The van der Waals surface area contributed by atoms with E-state index in [-0.39, 0.29) is 5.54 Å². The van der Waals surface area contributed by atoms with Crippen LogP contribution in [0.5, 0.6) is 0 Å². The van der Waals surface area contributed by atoms with Crippen LogP contribution in [0.25, 0.3) is 0 Å². The molecule has 0 atom stereocenters. The molecule has 0 amide bonds. The Hall–Kier alpha value is -0.410. The van der Waals surface area contributed by atoms with E-state index in [1.54, 1.807) is 0 Å². The number of aryl methyl sites for hydroxylation is 2. The van der Waals surface area contributed by atoms with E-state index in [1.165, 1.54) is 41.3 Å². The van der Waals surface area contributed by atoms with Crippen molar-refractivity contribution >= 4 is 11.3 Å². The summed E-state index contributed by atoms with van der Waals surface area (Å²) in [7, 11) is 0. The largest absolute Gasteiger partial charge is 0.325 e. The van der Waals surface area contributed by atoms with E-state index in [4.69, 9.17) is 5.73 Å². The molecule has 1 aromatic heterocycles. The smallest absolute Gasteiger partial charge is 0.0949 e. The molecule has 2 rings (SSSR count). The van der Waals surface area contributed by atoms with Crippen molar-refractivity contribution in [2.45, 2.75) is 51.5 Å². The topological polar surface area (TPSA) is 38.9 Å². The third kappa shape index (κ3) is 2.34. The first-order valence-corrected chi connectivity index (χ1v) is 6.12. The van der Waals surface area contributed by atoms with Crippen molar-refractivity contribution < 1.29 is 0 Å². The molecule has 1 aromatic rings. The van der Waals surface area contributed by atoms with Crippen LogP contribution < -0.4 is 5.73 Å². The van der Waals surface area contributed by atoms with Crippen molar-refractivity contribution in [1.29, 1.82) is 0 Å². The van der Waals surface area contributed by atoms with Gasteiger partial charge >= 0.3 is 0 Å². The lowest BCUT2D eigenvalue weighted by Gasteiger charge is -2.15. The minimum absolute atomic E-state index is 0.125. The van der Waals surface area contributed by atoms with Gasteiger partial charge in [-0.3, -0.25) is 0 Å². The number of aromatic nitrogens is 1. The molecule has 0 aliphatic heterocycles. The molecule has 0 saturated heterocycles. The Balaban J connectivity index is 2.16. The molecule has 0 bridgehead atoms. The minimum atomic E-state index is -0.125. The van der Waals surface area contributed by atoms with E-state index in [0.717, 1.165) is 6.42 Å². The number of fused-ring (bicyclic) bond motifs is 1. The van der Waals surface area contributed by atoms with E-state index in [2.05, 4.69) is 18.8 Å². The Labute approximate surface area is 89.5 Å². The Morgan fingerprint density at radius 1 is 1.36 bits per heavy atom. The Morgan fingerprint density at radius 3 is 2.71 bits per heavy atom. The SMILES string of the molecule is CC(C)(N)Cc1nc2c(s1)CCCC2. The Bertz CT molecular complexity index is 299. The summed E-state index contributed by atoms with van der Waals surface area (Å²) in [6.45, 7) is 4.13. The van der Waals surface area contributed by atoms with Crippen molar-refractivity contribution in [3.63, 3.8) is 0 Å². The van der Waals surface area contributed by atoms with Gasteiger partial charge in [0.25, 0.3) is 0 Å². The second-order valence-corrected chi connectivity index (χ2v) is 6.02. The fourth-order valence-corrected chi connectivity index (χ4v) is 3.27. The van der Waals surface area contributed by atoms with Crippen molar-refractivity contribution in [3.05, 3.63) is 15.6 Å². The molecule has 2 N–H and O–H groups in total. The number of nitrogens with two attached hydrogens (primary N) is 1. The van der Waals surface area contributed by atoms with Crippen molar-refractivity contribution in [1.82, 2.24) is 4.98 Å². The van der Waals surface area contributed by atoms with E-state index in [9.17, 15) is 0 Å². The molecular formula is C11H18N2S. The van der Waals surface area contributed by atoms with Gasteiger partial charge in [0.15, 0.2) is 0 Å². The van der Waals surface area contributed by atoms with Gasteiger partial charge in [-0.15, -0.1) is 11.3 Å². The van der Waals surface area contributed by atoms with Gasteiger partial charge in [0.2, 0.25) is 0 Å². The quantitative estimate of drug-likeness (QED) is 0.813. The second kappa shape index (κ2) is 3.63. The third-order valence-electron chi connectivity index (χ3n) is 2.50. The normalized spacial score (nSPS) is 16.8. The lowest BCUT2D eigenvalue weighted by molar-refractivity contribution is 0.514. The van der Waals surface area contributed by atoms with Gasteiger partial charge in [0.1, 0.15) is 0 Å². The highest BCUT2D eigenvalue weighted by molar-refractivity contribution is 7.11. The molecular weight excluding hydrogens is 192 g/mol. The van der Waals surface area contributed by atoms with Crippen LogP contribution in [-0.2, 0) is 19.3 Å². The van der Waals surface area contributed by atoms with Crippen LogP contribution >= 0.6 is 11.3 Å². The molecule has 0 spiro atoms. The molecule has 0 fully saturated rings. The first-order valence-electron chi connectivity index (χ1n) is 5.31. The summed E-state index contributed by atoms with van der Waals surface area (Å²) in [6, 6.07) is 0. The van der Waals surface area contributed by atoms with Gasteiger partial charge in [-0.1, -0.05) is 0 Å². The predicted molar refractivity (Wildman–Crippen MR) is 60.7 cm³/mol. The molecule has 1 aliphatic rings. The van der Waals surface area contributed by atoms with Gasteiger partial charge in [0.05, 0.1) is 10.7 Å². The van der Waals surface area contributed by atoms with Gasteiger partial charge < -0.3 is 5.73 Å². The molecule has 0 aromatic carbocycles. The van der Waals surface area contributed by atoms with Gasteiger partial charge in [-0.05, 0) is 39.5 Å². The zero-order valence-electron chi connectivity index (χ0n) is 8.97. The minimum Gasteiger partial charge on any atom is -0.325 e. The zero-order valence-corrected chi connectivity index (χ0v) is 9.78. The molecule has 2 nitrogen and oxygen atoms in total. The molecule has 3 heteroatoms. The molecule has 1 aliphatic carbocycles. The number of hydrogen-bond donors (Lipinski definition) is 1. The standard InChI is InChI=1S/C11H18N2S/c1-11(2,12)7-10-13-8-5-3-4-6-9(8)14-10/h3-7,12H2,1-2H3. The van der Waals surface area contributed by atoms with E-state index < -0.39 is 0 Å². The molecule has 14 heavy (non-hydrogen) atoms. The Kier molecular flexibility index (Phi) is 2.62. The van der Waals surface area contributed by atoms with Gasteiger partial charge in [0, 0.05) is 16.8 Å². The number of rotatable bonds is 2. The van der Waals surface area contributed by atoms with Crippen LogP contribution in [-0.4, -0.2) is 10.5 Å². The number of hydrogen-bond acceptors (Lipinski definition) is 3. The molecule has 78 valence electrons. The van der Waals surface area contributed by atoms with E-state index >= 15 is 0 Å². The first-order chi connectivity index (χ1) is 6.54. The van der Waals surface area contributed by atoms with Crippen LogP contribution in [0.3, 0.4) is 0 Å². The predicted octanol–water partition coefficient (Wildman–Crippen LogP) is 2.30. The van der Waals surface area contributed by atoms with Crippen LogP contribution in [0.15, 0.2) is 0 Å². The number of thiazole rings is 1.